The Kier molecular flexibility index (Phi) is 6.32. The summed E-state index contributed by atoms with van der Waals surface area (Å²) in [5.74, 6) is 0.706. The van der Waals surface area contributed by atoms with Gasteiger partial charge in [0.25, 0.3) is 0 Å². The van der Waals surface area contributed by atoms with E-state index >= 15 is 0 Å². The molecule has 0 aromatic heterocycles. The predicted molar refractivity (Wildman–Crippen MR) is 91.5 cm³/mol. The van der Waals surface area contributed by atoms with E-state index in [-0.39, 0.29) is 24.6 Å². The molecule has 0 unspecified atom stereocenters. The number of halogens is 3. The van der Waals surface area contributed by atoms with Gasteiger partial charge in [0.05, 0.1) is 25.0 Å². The summed E-state index contributed by atoms with van der Waals surface area (Å²) >= 11 is 0. The number of alkyl halides is 3. The van der Waals surface area contributed by atoms with Crippen molar-refractivity contribution in [1.82, 2.24) is 5.32 Å². The molecule has 0 bridgehead atoms. The average Bonchev–Trinajstić information content (AvgIpc) is 2.61. The highest BCUT2D eigenvalue weighted by molar-refractivity contribution is 5.90. The van der Waals surface area contributed by atoms with Gasteiger partial charge in [-0.25, -0.2) is 4.79 Å². The summed E-state index contributed by atoms with van der Waals surface area (Å²) in [5.41, 5.74) is -0.564. The second kappa shape index (κ2) is 8.46. The molecule has 0 aliphatic carbocycles. The number of hydrogen-bond acceptors (Lipinski definition) is 3. The number of carbonyl (C=O) groups is 1. The molecule has 0 heterocycles. The largest absolute Gasteiger partial charge is 0.497 e. The summed E-state index contributed by atoms with van der Waals surface area (Å²) in [5, 5.41) is 4.74. The molecule has 0 saturated heterocycles. The minimum Gasteiger partial charge on any atom is -0.497 e. The Balaban J connectivity index is 2.07. The first-order valence-electron chi connectivity index (χ1n) is 7.85. The highest BCUT2D eigenvalue weighted by Gasteiger charge is 2.34. The van der Waals surface area contributed by atoms with Crippen LogP contribution in [-0.4, -0.2) is 19.7 Å². The van der Waals surface area contributed by atoms with Crippen molar-refractivity contribution in [1.29, 1.82) is 0 Å². The minimum atomic E-state index is -4.62. The van der Waals surface area contributed by atoms with E-state index in [0.29, 0.717) is 5.75 Å². The van der Waals surface area contributed by atoms with Crippen LogP contribution in [0.5, 0.6) is 11.5 Å². The van der Waals surface area contributed by atoms with Crippen molar-refractivity contribution >= 4 is 11.7 Å². The van der Waals surface area contributed by atoms with Crippen LogP contribution in [0.4, 0.5) is 23.7 Å². The van der Waals surface area contributed by atoms with Crippen LogP contribution in [0.15, 0.2) is 42.5 Å². The molecule has 140 valence electrons. The van der Waals surface area contributed by atoms with E-state index < -0.39 is 17.8 Å². The van der Waals surface area contributed by atoms with Crippen LogP contribution >= 0.6 is 0 Å². The van der Waals surface area contributed by atoms with Crippen LogP contribution in [0.25, 0.3) is 0 Å². The van der Waals surface area contributed by atoms with Crippen LogP contribution in [0, 0.1) is 0 Å². The van der Waals surface area contributed by atoms with E-state index in [1.165, 1.54) is 19.2 Å². The van der Waals surface area contributed by atoms with Gasteiger partial charge in [-0.05, 0) is 42.8 Å². The first-order valence-corrected chi connectivity index (χ1v) is 7.85. The summed E-state index contributed by atoms with van der Waals surface area (Å²) in [6.45, 7) is 2.05. The maximum atomic E-state index is 13.2. The third-order valence-corrected chi connectivity index (χ3v) is 3.44. The van der Waals surface area contributed by atoms with Crippen LogP contribution in [0.3, 0.4) is 0 Å². The fourth-order valence-electron chi connectivity index (χ4n) is 2.25. The summed E-state index contributed by atoms with van der Waals surface area (Å²) < 4.78 is 49.8. The summed E-state index contributed by atoms with van der Waals surface area (Å²) in [6, 6.07) is 9.64. The van der Waals surface area contributed by atoms with E-state index in [0.717, 1.165) is 11.6 Å². The highest BCUT2D eigenvalue weighted by atomic mass is 19.4. The monoisotopic (exact) mass is 368 g/mol. The Hall–Kier alpha value is -2.90. The topological polar surface area (TPSA) is 59.6 Å². The number of ether oxygens (including phenoxy) is 2. The molecule has 2 aromatic carbocycles. The molecule has 8 heteroatoms. The number of hydrogen-bond donors (Lipinski definition) is 2. The number of amides is 2. The molecule has 2 aromatic rings. The zero-order valence-corrected chi connectivity index (χ0v) is 14.3. The standard InChI is InChI=1S/C18H19F3N2O3/c1-3-26-14-7-8-16(15(10-14)18(19,20)21)23-17(24)22-11-12-5-4-6-13(9-12)25-2/h4-10H,3,11H2,1-2H3,(H2,22,23,24). The second-order valence-electron chi connectivity index (χ2n) is 5.30. The van der Waals surface area contributed by atoms with Crippen molar-refractivity contribution in [3.8, 4) is 11.5 Å². The van der Waals surface area contributed by atoms with Crippen LogP contribution in [0.1, 0.15) is 18.1 Å². The highest BCUT2D eigenvalue weighted by Crippen LogP contribution is 2.37. The molecule has 0 saturated carbocycles. The van der Waals surface area contributed by atoms with E-state index in [1.54, 1.807) is 31.2 Å². The SMILES string of the molecule is CCOc1ccc(NC(=O)NCc2cccc(OC)c2)c(C(F)(F)F)c1. The van der Waals surface area contributed by atoms with Crippen molar-refractivity contribution in [2.24, 2.45) is 0 Å². The van der Waals surface area contributed by atoms with Crippen LogP contribution < -0.4 is 20.1 Å². The van der Waals surface area contributed by atoms with E-state index in [1.807, 2.05) is 0 Å². The van der Waals surface area contributed by atoms with Crippen molar-refractivity contribution in [3.63, 3.8) is 0 Å². The third-order valence-electron chi connectivity index (χ3n) is 3.44. The summed E-state index contributed by atoms with van der Waals surface area (Å²) in [7, 11) is 1.52. The smallest absolute Gasteiger partial charge is 0.418 e. The first-order chi connectivity index (χ1) is 12.3. The van der Waals surface area contributed by atoms with Gasteiger partial charge in [0, 0.05) is 6.54 Å². The van der Waals surface area contributed by atoms with Gasteiger partial charge in [-0.2, -0.15) is 13.2 Å². The fraction of sp³-hybridized carbons (Fsp3) is 0.278. The lowest BCUT2D eigenvalue weighted by molar-refractivity contribution is -0.137. The summed E-state index contributed by atoms with van der Waals surface area (Å²) in [4.78, 5) is 12.0. The number of carbonyl (C=O) groups excluding carboxylic acids is 1. The number of methoxy groups -OCH3 is 1. The number of anilines is 1. The lowest BCUT2D eigenvalue weighted by Gasteiger charge is -2.16. The van der Waals surface area contributed by atoms with Gasteiger partial charge >= 0.3 is 12.2 Å². The molecule has 2 amide bonds. The normalized spacial score (nSPS) is 11.0. The molecular weight excluding hydrogens is 349 g/mol. The Morgan fingerprint density at radius 2 is 1.88 bits per heavy atom. The maximum Gasteiger partial charge on any atom is 0.418 e. The molecule has 0 aliphatic heterocycles. The molecule has 0 aliphatic rings. The Morgan fingerprint density at radius 3 is 2.54 bits per heavy atom. The molecule has 5 nitrogen and oxygen atoms in total. The van der Waals surface area contributed by atoms with Gasteiger partial charge in [0.2, 0.25) is 0 Å². The Morgan fingerprint density at radius 1 is 1.12 bits per heavy atom. The molecule has 0 atom stereocenters. The zero-order chi connectivity index (χ0) is 19.2. The second-order valence-corrected chi connectivity index (χ2v) is 5.30. The van der Waals surface area contributed by atoms with E-state index in [9.17, 15) is 18.0 Å². The molecule has 0 radical (unpaired) electrons. The zero-order valence-electron chi connectivity index (χ0n) is 14.3. The first kappa shape index (κ1) is 19.4. The van der Waals surface area contributed by atoms with Crippen LogP contribution in [0.2, 0.25) is 0 Å². The molecule has 0 fully saturated rings. The number of nitrogens with one attached hydrogen (secondary N) is 2. The summed E-state index contributed by atoms with van der Waals surface area (Å²) in [6.07, 6.45) is -4.62. The van der Waals surface area contributed by atoms with Crippen molar-refractivity contribution in [3.05, 3.63) is 53.6 Å². The van der Waals surface area contributed by atoms with Crippen molar-refractivity contribution in [2.45, 2.75) is 19.6 Å². The third kappa shape index (κ3) is 5.30. The maximum absolute atomic E-state index is 13.2. The van der Waals surface area contributed by atoms with Gasteiger partial charge in [-0.1, -0.05) is 12.1 Å². The van der Waals surface area contributed by atoms with Gasteiger partial charge in [0.1, 0.15) is 11.5 Å². The quantitative estimate of drug-likeness (QED) is 0.793. The van der Waals surface area contributed by atoms with Crippen molar-refractivity contribution in [2.75, 3.05) is 19.0 Å². The van der Waals surface area contributed by atoms with E-state index in [2.05, 4.69) is 10.6 Å². The number of urea groups is 1. The molecular formula is C18H19F3N2O3. The van der Waals surface area contributed by atoms with E-state index in [4.69, 9.17) is 9.47 Å². The minimum absolute atomic E-state index is 0.0853. The molecule has 0 spiro atoms. The molecule has 2 rings (SSSR count). The fourth-order valence-corrected chi connectivity index (χ4v) is 2.25. The van der Waals surface area contributed by atoms with Gasteiger partial charge in [-0.15, -0.1) is 0 Å². The lowest BCUT2D eigenvalue weighted by atomic mass is 10.1. The van der Waals surface area contributed by atoms with Gasteiger partial charge < -0.3 is 20.1 Å². The molecule has 26 heavy (non-hydrogen) atoms. The Labute approximate surface area is 149 Å². The lowest BCUT2D eigenvalue weighted by Crippen LogP contribution is -2.29. The van der Waals surface area contributed by atoms with Crippen LogP contribution in [-0.2, 0) is 12.7 Å². The van der Waals surface area contributed by atoms with Gasteiger partial charge in [-0.3, -0.25) is 0 Å². The number of benzene rings is 2. The average molecular weight is 368 g/mol. The number of rotatable bonds is 6. The van der Waals surface area contributed by atoms with Crippen molar-refractivity contribution < 1.29 is 27.4 Å². The van der Waals surface area contributed by atoms with Gasteiger partial charge in [0.15, 0.2) is 0 Å². The Bertz CT molecular complexity index is 764. The predicted octanol–water partition coefficient (Wildman–Crippen LogP) is 4.43. The molecule has 2 N–H and O–H groups in total.